The number of rotatable bonds is 6. The summed E-state index contributed by atoms with van der Waals surface area (Å²) in [5.41, 5.74) is 7.04. The van der Waals surface area contributed by atoms with E-state index in [1.54, 1.807) is 32.0 Å². The zero-order valence-electron chi connectivity index (χ0n) is 17.9. The number of pyridine rings is 1. The van der Waals surface area contributed by atoms with Crippen LogP contribution in [0.4, 0.5) is 0 Å². The van der Waals surface area contributed by atoms with E-state index in [2.05, 4.69) is 9.97 Å². The van der Waals surface area contributed by atoms with E-state index in [-0.39, 0.29) is 29.4 Å². The first kappa shape index (κ1) is 21.9. The van der Waals surface area contributed by atoms with Gasteiger partial charge in [-0.1, -0.05) is 31.0 Å². The lowest BCUT2D eigenvalue weighted by Crippen LogP contribution is -2.38. The largest absolute Gasteiger partial charge is 0.364 e. The van der Waals surface area contributed by atoms with Crippen molar-refractivity contribution in [3.05, 3.63) is 96.6 Å². The number of aromatic amines is 1. The molecule has 0 atom stereocenters. The summed E-state index contributed by atoms with van der Waals surface area (Å²) in [7, 11) is 0. The number of nitrogens with two attached hydrogens (primary N) is 1. The molecule has 2 heterocycles. The number of nitrogens with one attached hydrogen (secondary N) is 1. The summed E-state index contributed by atoms with van der Waals surface area (Å²) in [6, 6.07) is 8.47. The van der Waals surface area contributed by atoms with Gasteiger partial charge in [0.05, 0.1) is 6.54 Å². The molecule has 0 aliphatic heterocycles. The SMILES string of the molecule is Cc1cc(C)cc(C(=O)c2c(C(C)C)c(=O)[nH]c(=O)n2Cc2ccnc(C(N)=O)c2)c1. The van der Waals surface area contributed by atoms with Gasteiger partial charge >= 0.3 is 5.69 Å². The van der Waals surface area contributed by atoms with Crippen molar-refractivity contribution >= 4 is 11.7 Å². The Labute approximate surface area is 178 Å². The normalized spacial score (nSPS) is 11.0. The van der Waals surface area contributed by atoms with Gasteiger partial charge in [0.25, 0.3) is 11.5 Å². The molecule has 0 saturated carbocycles. The first-order valence-corrected chi connectivity index (χ1v) is 9.83. The van der Waals surface area contributed by atoms with Crippen LogP contribution in [-0.4, -0.2) is 26.2 Å². The predicted octanol–water partition coefficient (Wildman–Crippen LogP) is 2.05. The summed E-state index contributed by atoms with van der Waals surface area (Å²) in [5, 5.41) is 0. The average molecular weight is 420 g/mol. The number of ketones is 1. The van der Waals surface area contributed by atoms with Crippen LogP contribution in [0.5, 0.6) is 0 Å². The Morgan fingerprint density at radius 2 is 1.74 bits per heavy atom. The standard InChI is InChI=1S/C23H24N4O4/c1-12(2)18-19(20(28)16-8-13(3)7-14(4)9-16)27(23(31)26-22(18)30)11-15-5-6-25-17(10-15)21(24)29/h5-10,12H,11H2,1-4H3,(H2,24,29)(H,26,30,31). The van der Waals surface area contributed by atoms with Crippen molar-refractivity contribution in [3.63, 3.8) is 0 Å². The highest BCUT2D eigenvalue weighted by Crippen LogP contribution is 2.20. The molecule has 0 aliphatic carbocycles. The van der Waals surface area contributed by atoms with Crippen molar-refractivity contribution in [2.75, 3.05) is 0 Å². The summed E-state index contributed by atoms with van der Waals surface area (Å²) in [6.45, 7) is 7.29. The van der Waals surface area contributed by atoms with Crippen molar-refractivity contribution in [3.8, 4) is 0 Å². The van der Waals surface area contributed by atoms with Crippen molar-refractivity contribution in [2.45, 2.75) is 40.2 Å². The monoisotopic (exact) mass is 420 g/mol. The van der Waals surface area contributed by atoms with Crippen LogP contribution in [0.2, 0.25) is 0 Å². The maximum absolute atomic E-state index is 13.6. The van der Waals surface area contributed by atoms with E-state index in [1.165, 1.54) is 16.8 Å². The average Bonchev–Trinajstić information content (AvgIpc) is 2.68. The molecule has 0 saturated heterocycles. The van der Waals surface area contributed by atoms with Gasteiger partial charge in [-0.3, -0.25) is 28.9 Å². The van der Waals surface area contributed by atoms with E-state index in [1.807, 2.05) is 19.9 Å². The minimum Gasteiger partial charge on any atom is -0.364 e. The lowest BCUT2D eigenvalue weighted by atomic mass is 9.95. The third-order valence-corrected chi connectivity index (χ3v) is 4.93. The van der Waals surface area contributed by atoms with Gasteiger partial charge in [0.2, 0.25) is 5.78 Å². The van der Waals surface area contributed by atoms with Gasteiger partial charge < -0.3 is 5.73 Å². The van der Waals surface area contributed by atoms with Crippen LogP contribution in [0.1, 0.15) is 68.6 Å². The Bertz CT molecular complexity index is 1280. The number of carbonyl (C=O) groups excluding carboxylic acids is 2. The number of hydrogen-bond donors (Lipinski definition) is 2. The van der Waals surface area contributed by atoms with Crippen LogP contribution in [0, 0.1) is 13.8 Å². The molecule has 3 aromatic rings. The van der Waals surface area contributed by atoms with E-state index >= 15 is 0 Å². The molecular weight excluding hydrogens is 396 g/mol. The van der Waals surface area contributed by atoms with Crippen LogP contribution < -0.4 is 17.0 Å². The highest BCUT2D eigenvalue weighted by atomic mass is 16.2. The second-order valence-electron chi connectivity index (χ2n) is 7.88. The highest BCUT2D eigenvalue weighted by Gasteiger charge is 2.25. The number of benzene rings is 1. The molecule has 0 radical (unpaired) electrons. The molecular formula is C23H24N4O4. The molecule has 0 spiro atoms. The highest BCUT2D eigenvalue weighted by molar-refractivity contribution is 6.09. The number of aromatic nitrogens is 3. The van der Waals surface area contributed by atoms with Gasteiger partial charge in [0, 0.05) is 17.3 Å². The quantitative estimate of drug-likeness (QED) is 0.590. The Morgan fingerprint density at radius 1 is 1.10 bits per heavy atom. The first-order chi connectivity index (χ1) is 14.6. The van der Waals surface area contributed by atoms with Crippen molar-refractivity contribution < 1.29 is 9.59 Å². The summed E-state index contributed by atoms with van der Waals surface area (Å²) in [5.74, 6) is -1.42. The Kier molecular flexibility index (Phi) is 6.01. The molecule has 2 aromatic heterocycles. The third-order valence-electron chi connectivity index (χ3n) is 4.93. The van der Waals surface area contributed by atoms with Crippen molar-refractivity contribution in [1.82, 2.24) is 14.5 Å². The Balaban J connectivity index is 2.26. The van der Waals surface area contributed by atoms with Gasteiger partial charge in [-0.25, -0.2) is 4.79 Å². The van der Waals surface area contributed by atoms with E-state index in [4.69, 9.17) is 5.73 Å². The molecule has 160 valence electrons. The maximum Gasteiger partial charge on any atom is 0.329 e. The number of aryl methyl sites for hydroxylation is 2. The minimum absolute atomic E-state index is 0.0335. The first-order valence-electron chi connectivity index (χ1n) is 9.83. The number of amides is 1. The van der Waals surface area contributed by atoms with Crippen molar-refractivity contribution in [1.29, 1.82) is 0 Å². The molecule has 31 heavy (non-hydrogen) atoms. The van der Waals surface area contributed by atoms with Crippen LogP contribution in [0.3, 0.4) is 0 Å². The molecule has 0 bridgehead atoms. The van der Waals surface area contributed by atoms with Gasteiger partial charge in [-0.2, -0.15) is 0 Å². The lowest BCUT2D eigenvalue weighted by Gasteiger charge is -2.18. The van der Waals surface area contributed by atoms with Gasteiger partial charge in [-0.15, -0.1) is 0 Å². The molecule has 8 heteroatoms. The van der Waals surface area contributed by atoms with Crippen LogP contribution in [0.15, 0.2) is 46.1 Å². The number of hydrogen-bond acceptors (Lipinski definition) is 5. The van der Waals surface area contributed by atoms with Crippen LogP contribution in [-0.2, 0) is 6.54 Å². The second-order valence-corrected chi connectivity index (χ2v) is 7.88. The smallest absolute Gasteiger partial charge is 0.329 e. The second kappa shape index (κ2) is 8.51. The van der Waals surface area contributed by atoms with E-state index in [0.29, 0.717) is 11.1 Å². The summed E-state index contributed by atoms with van der Waals surface area (Å²) in [6.07, 6.45) is 1.40. The fourth-order valence-corrected chi connectivity index (χ4v) is 3.65. The molecule has 0 unspecified atom stereocenters. The van der Waals surface area contributed by atoms with Gasteiger partial charge in [0.15, 0.2) is 0 Å². The Hall–Kier alpha value is -3.81. The molecule has 8 nitrogen and oxygen atoms in total. The number of primary amides is 1. The van der Waals surface area contributed by atoms with E-state index in [9.17, 15) is 19.2 Å². The molecule has 0 fully saturated rings. The van der Waals surface area contributed by atoms with E-state index in [0.717, 1.165) is 11.1 Å². The number of H-pyrrole nitrogens is 1. The maximum atomic E-state index is 13.6. The predicted molar refractivity (Wildman–Crippen MR) is 117 cm³/mol. The number of nitrogens with zero attached hydrogens (tertiary/aromatic N) is 2. The molecule has 3 rings (SSSR count). The molecule has 0 aliphatic rings. The summed E-state index contributed by atoms with van der Waals surface area (Å²) < 4.78 is 1.23. The number of carbonyl (C=O) groups is 2. The molecule has 3 N–H and O–H groups in total. The van der Waals surface area contributed by atoms with Crippen LogP contribution >= 0.6 is 0 Å². The zero-order valence-corrected chi connectivity index (χ0v) is 17.9. The van der Waals surface area contributed by atoms with Gasteiger partial charge in [0.1, 0.15) is 11.4 Å². The summed E-state index contributed by atoms with van der Waals surface area (Å²) in [4.78, 5) is 56.7. The fraction of sp³-hybridized carbons (Fsp3) is 0.261. The fourth-order valence-electron chi connectivity index (χ4n) is 3.65. The minimum atomic E-state index is -0.709. The molecule has 1 aromatic carbocycles. The topological polar surface area (TPSA) is 128 Å². The Morgan fingerprint density at radius 3 is 2.32 bits per heavy atom. The molecule has 1 amide bonds. The zero-order chi connectivity index (χ0) is 22.9. The third kappa shape index (κ3) is 4.53. The van der Waals surface area contributed by atoms with Crippen molar-refractivity contribution in [2.24, 2.45) is 5.73 Å². The lowest BCUT2D eigenvalue weighted by molar-refractivity contribution is 0.0993. The van der Waals surface area contributed by atoms with E-state index < -0.39 is 22.9 Å². The summed E-state index contributed by atoms with van der Waals surface area (Å²) >= 11 is 0. The van der Waals surface area contributed by atoms with Crippen LogP contribution in [0.25, 0.3) is 0 Å². The van der Waals surface area contributed by atoms with Gasteiger partial charge in [-0.05, 0) is 49.6 Å².